The fraction of sp³-hybridized carbons (Fsp3) is 0.176. The van der Waals surface area contributed by atoms with Crippen LogP contribution in [0.2, 0.25) is 0 Å². The highest BCUT2D eigenvalue weighted by molar-refractivity contribution is 6.05. The summed E-state index contributed by atoms with van der Waals surface area (Å²) in [6.07, 6.45) is -4.49. The van der Waals surface area contributed by atoms with Crippen molar-refractivity contribution in [3.8, 4) is 0 Å². The van der Waals surface area contributed by atoms with E-state index in [1.807, 2.05) is 0 Å². The van der Waals surface area contributed by atoms with Gasteiger partial charge in [0.05, 0.1) is 12.1 Å². The van der Waals surface area contributed by atoms with Crippen LogP contribution in [0.1, 0.15) is 15.9 Å². The molecule has 0 atom stereocenters. The van der Waals surface area contributed by atoms with E-state index in [2.05, 4.69) is 16.0 Å². The maximum absolute atomic E-state index is 12.7. The number of rotatable bonds is 5. The van der Waals surface area contributed by atoms with E-state index in [1.54, 1.807) is 19.2 Å². The molecule has 2 aromatic carbocycles. The SMILES string of the molecule is CNCC(=O)Nc1cccc(C(=O)Nc2cccc(C(F)(F)F)c2)c1. The van der Waals surface area contributed by atoms with E-state index in [-0.39, 0.29) is 23.7 Å². The summed E-state index contributed by atoms with van der Waals surface area (Å²) in [5, 5.41) is 7.71. The van der Waals surface area contributed by atoms with Crippen LogP contribution in [0.3, 0.4) is 0 Å². The number of benzene rings is 2. The third-order valence-corrected chi connectivity index (χ3v) is 3.19. The summed E-state index contributed by atoms with van der Waals surface area (Å²) in [6, 6.07) is 10.5. The number of carbonyl (C=O) groups excluding carboxylic acids is 2. The van der Waals surface area contributed by atoms with E-state index in [1.165, 1.54) is 24.3 Å². The molecular weight excluding hydrogens is 335 g/mol. The Hall–Kier alpha value is -2.87. The molecule has 0 aliphatic rings. The first-order valence-electron chi connectivity index (χ1n) is 7.33. The van der Waals surface area contributed by atoms with Crippen LogP contribution in [0.15, 0.2) is 48.5 Å². The van der Waals surface area contributed by atoms with Crippen LogP contribution in [0.25, 0.3) is 0 Å². The standard InChI is InChI=1S/C17H16F3N3O2/c1-21-10-15(24)22-13-6-2-4-11(8-13)16(25)23-14-7-3-5-12(9-14)17(18,19)20/h2-9,21H,10H2,1H3,(H,22,24)(H,23,25). The summed E-state index contributed by atoms with van der Waals surface area (Å²) in [7, 11) is 1.62. The molecule has 0 aromatic heterocycles. The topological polar surface area (TPSA) is 70.2 Å². The van der Waals surface area contributed by atoms with Gasteiger partial charge >= 0.3 is 6.18 Å². The zero-order valence-electron chi connectivity index (χ0n) is 13.3. The Morgan fingerprint density at radius 1 is 0.960 bits per heavy atom. The van der Waals surface area contributed by atoms with E-state index >= 15 is 0 Å². The van der Waals surface area contributed by atoms with E-state index in [9.17, 15) is 22.8 Å². The third kappa shape index (κ3) is 5.32. The van der Waals surface area contributed by atoms with Gasteiger partial charge in [-0.15, -0.1) is 0 Å². The summed E-state index contributed by atoms with van der Waals surface area (Å²) in [5.74, 6) is -0.859. The highest BCUT2D eigenvalue weighted by atomic mass is 19.4. The predicted octanol–water partition coefficient (Wildman–Crippen LogP) is 3.12. The Morgan fingerprint density at radius 3 is 2.24 bits per heavy atom. The molecule has 132 valence electrons. The van der Waals surface area contributed by atoms with Crippen LogP contribution < -0.4 is 16.0 Å². The molecule has 2 aromatic rings. The summed E-state index contributed by atoms with van der Waals surface area (Å²) in [4.78, 5) is 23.8. The highest BCUT2D eigenvalue weighted by Crippen LogP contribution is 2.30. The van der Waals surface area contributed by atoms with Crippen molar-refractivity contribution in [2.45, 2.75) is 6.18 Å². The normalized spacial score (nSPS) is 11.0. The molecule has 0 radical (unpaired) electrons. The van der Waals surface area contributed by atoms with Gasteiger partial charge in [-0.05, 0) is 43.4 Å². The van der Waals surface area contributed by atoms with Gasteiger partial charge in [0.1, 0.15) is 0 Å². The largest absolute Gasteiger partial charge is 0.416 e. The zero-order valence-corrected chi connectivity index (χ0v) is 13.3. The first-order valence-corrected chi connectivity index (χ1v) is 7.33. The molecule has 0 fully saturated rings. The molecule has 0 saturated carbocycles. The minimum absolute atomic E-state index is 0.0319. The Morgan fingerprint density at radius 2 is 1.60 bits per heavy atom. The molecule has 5 nitrogen and oxygen atoms in total. The zero-order chi connectivity index (χ0) is 18.4. The van der Waals surface area contributed by atoms with Crippen molar-refractivity contribution < 1.29 is 22.8 Å². The minimum atomic E-state index is -4.49. The Bertz CT molecular complexity index is 776. The molecule has 25 heavy (non-hydrogen) atoms. The lowest BCUT2D eigenvalue weighted by molar-refractivity contribution is -0.137. The molecule has 0 heterocycles. The summed E-state index contributed by atoms with van der Waals surface area (Å²) >= 11 is 0. The first-order chi connectivity index (χ1) is 11.8. The summed E-state index contributed by atoms with van der Waals surface area (Å²) in [6.45, 7) is 0.112. The molecule has 0 saturated heterocycles. The maximum Gasteiger partial charge on any atom is 0.416 e. The van der Waals surface area contributed by atoms with E-state index < -0.39 is 17.6 Å². The van der Waals surface area contributed by atoms with Crippen LogP contribution in [-0.4, -0.2) is 25.4 Å². The van der Waals surface area contributed by atoms with Crippen molar-refractivity contribution >= 4 is 23.2 Å². The lowest BCUT2D eigenvalue weighted by atomic mass is 10.1. The molecule has 2 rings (SSSR count). The minimum Gasteiger partial charge on any atom is -0.325 e. The van der Waals surface area contributed by atoms with Crippen molar-refractivity contribution in [1.82, 2.24) is 5.32 Å². The Kier molecular flexibility index (Phi) is 5.76. The number of hydrogen-bond donors (Lipinski definition) is 3. The number of nitrogens with one attached hydrogen (secondary N) is 3. The number of likely N-dealkylation sites (N-methyl/N-ethyl adjacent to an activating group) is 1. The van der Waals surface area contributed by atoms with E-state index in [0.717, 1.165) is 12.1 Å². The van der Waals surface area contributed by atoms with Gasteiger partial charge in [0.25, 0.3) is 5.91 Å². The Labute approximate surface area is 142 Å². The van der Waals surface area contributed by atoms with Crippen molar-refractivity contribution in [1.29, 1.82) is 0 Å². The van der Waals surface area contributed by atoms with E-state index in [4.69, 9.17) is 0 Å². The molecule has 0 bridgehead atoms. The number of hydrogen-bond acceptors (Lipinski definition) is 3. The second-order valence-electron chi connectivity index (χ2n) is 5.19. The Balaban J connectivity index is 2.12. The van der Waals surface area contributed by atoms with Crippen molar-refractivity contribution in [2.24, 2.45) is 0 Å². The number of anilines is 2. The number of carbonyl (C=O) groups is 2. The van der Waals surface area contributed by atoms with Gasteiger partial charge in [-0.3, -0.25) is 9.59 Å². The maximum atomic E-state index is 12.7. The van der Waals surface area contributed by atoms with Gasteiger partial charge in [0.2, 0.25) is 5.91 Å². The predicted molar refractivity (Wildman–Crippen MR) is 88.4 cm³/mol. The van der Waals surface area contributed by atoms with Gasteiger partial charge in [-0.1, -0.05) is 12.1 Å². The van der Waals surface area contributed by atoms with Gasteiger partial charge < -0.3 is 16.0 Å². The van der Waals surface area contributed by atoms with Crippen molar-refractivity contribution in [2.75, 3.05) is 24.2 Å². The molecule has 0 unspecified atom stereocenters. The molecular formula is C17H16F3N3O2. The average Bonchev–Trinajstić information content (AvgIpc) is 2.54. The average molecular weight is 351 g/mol. The van der Waals surface area contributed by atoms with Gasteiger partial charge in [0, 0.05) is 16.9 Å². The van der Waals surface area contributed by atoms with Crippen LogP contribution in [0.5, 0.6) is 0 Å². The van der Waals surface area contributed by atoms with Crippen LogP contribution >= 0.6 is 0 Å². The van der Waals surface area contributed by atoms with Gasteiger partial charge in [-0.2, -0.15) is 13.2 Å². The monoisotopic (exact) mass is 351 g/mol. The first kappa shape index (κ1) is 18.5. The van der Waals surface area contributed by atoms with Crippen molar-refractivity contribution in [3.05, 3.63) is 59.7 Å². The quantitative estimate of drug-likeness (QED) is 0.775. The smallest absolute Gasteiger partial charge is 0.325 e. The van der Waals surface area contributed by atoms with Crippen LogP contribution in [0.4, 0.5) is 24.5 Å². The molecule has 2 amide bonds. The number of halogens is 3. The fourth-order valence-corrected chi connectivity index (χ4v) is 2.08. The molecule has 0 spiro atoms. The van der Waals surface area contributed by atoms with Gasteiger partial charge in [-0.25, -0.2) is 0 Å². The summed E-state index contributed by atoms with van der Waals surface area (Å²) < 4.78 is 38.1. The fourth-order valence-electron chi connectivity index (χ4n) is 2.08. The lowest BCUT2D eigenvalue weighted by Crippen LogP contribution is -2.25. The second kappa shape index (κ2) is 7.80. The molecule has 0 aliphatic heterocycles. The lowest BCUT2D eigenvalue weighted by Gasteiger charge is -2.11. The molecule has 0 aliphatic carbocycles. The van der Waals surface area contributed by atoms with E-state index in [0.29, 0.717) is 5.69 Å². The number of alkyl halides is 3. The molecule has 8 heteroatoms. The van der Waals surface area contributed by atoms with Gasteiger partial charge in [0.15, 0.2) is 0 Å². The summed E-state index contributed by atoms with van der Waals surface area (Å²) in [5.41, 5.74) is -0.195. The molecule has 3 N–H and O–H groups in total. The third-order valence-electron chi connectivity index (χ3n) is 3.19. The van der Waals surface area contributed by atoms with Crippen molar-refractivity contribution in [3.63, 3.8) is 0 Å². The second-order valence-corrected chi connectivity index (χ2v) is 5.19. The van der Waals surface area contributed by atoms with Crippen LogP contribution in [0, 0.1) is 0 Å². The highest BCUT2D eigenvalue weighted by Gasteiger charge is 2.30. The van der Waals surface area contributed by atoms with Crippen LogP contribution in [-0.2, 0) is 11.0 Å². The number of amides is 2.